The summed E-state index contributed by atoms with van der Waals surface area (Å²) in [4.78, 5) is 26.6. The van der Waals surface area contributed by atoms with Gasteiger partial charge in [0.25, 0.3) is 5.91 Å². The second-order valence-corrected chi connectivity index (χ2v) is 6.08. The highest BCUT2D eigenvalue weighted by molar-refractivity contribution is 6.07. The number of nitrogens with zero attached hydrogens (tertiary/aromatic N) is 1. The summed E-state index contributed by atoms with van der Waals surface area (Å²) in [5, 5.41) is 2.93. The second kappa shape index (κ2) is 7.30. The van der Waals surface area contributed by atoms with Crippen LogP contribution in [-0.2, 0) is 4.79 Å². The number of nitrogens with one attached hydrogen (secondary N) is 1. The van der Waals surface area contributed by atoms with Crippen molar-refractivity contribution in [3.63, 3.8) is 0 Å². The van der Waals surface area contributed by atoms with E-state index >= 15 is 0 Å². The van der Waals surface area contributed by atoms with Gasteiger partial charge in [0.1, 0.15) is 0 Å². The van der Waals surface area contributed by atoms with Gasteiger partial charge in [0.05, 0.1) is 0 Å². The van der Waals surface area contributed by atoms with Crippen LogP contribution in [0.1, 0.15) is 36.5 Å². The maximum Gasteiger partial charge on any atom is 0.258 e. The molecule has 1 aliphatic rings. The Labute approximate surface area is 142 Å². The molecule has 4 heteroatoms. The minimum Gasteiger partial charge on any atom is -0.326 e. The fourth-order valence-corrected chi connectivity index (χ4v) is 2.85. The van der Waals surface area contributed by atoms with Crippen molar-refractivity contribution in [2.75, 3.05) is 16.8 Å². The summed E-state index contributed by atoms with van der Waals surface area (Å²) < 4.78 is 0. The molecular weight excluding hydrogens is 300 g/mol. The van der Waals surface area contributed by atoms with Crippen molar-refractivity contribution in [1.29, 1.82) is 0 Å². The molecule has 1 saturated carbocycles. The van der Waals surface area contributed by atoms with E-state index in [1.165, 1.54) is 0 Å². The molecule has 1 fully saturated rings. The average Bonchev–Trinajstić information content (AvgIpc) is 2.55. The molecule has 0 radical (unpaired) electrons. The number of rotatable bonds is 5. The van der Waals surface area contributed by atoms with Gasteiger partial charge in [0.2, 0.25) is 5.91 Å². The van der Waals surface area contributed by atoms with E-state index in [-0.39, 0.29) is 17.7 Å². The van der Waals surface area contributed by atoms with Gasteiger partial charge in [-0.25, -0.2) is 0 Å². The molecule has 4 nitrogen and oxygen atoms in total. The molecule has 0 aliphatic heterocycles. The summed E-state index contributed by atoms with van der Waals surface area (Å²) >= 11 is 0. The standard InChI is InChI=1S/C20H22N2O2/c1-2-22(18-12-4-3-5-13-18)20(24)16-10-7-11-17(14-16)21-19(23)15-8-6-9-15/h3-5,7,10-15H,2,6,8-9H2,1H3,(H,21,23). The Morgan fingerprint density at radius 1 is 1.08 bits per heavy atom. The number of amides is 2. The summed E-state index contributed by atoms with van der Waals surface area (Å²) in [6.07, 6.45) is 3.04. The average molecular weight is 322 g/mol. The number of carbonyl (C=O) groups excluding carboxylic acids is 2. The van der Waals surface area contributed by atoms with Crippen LogP contribution in [0.5, 0.6) is 0 Å². The molecule has 0 aromatic heterocycles. The van der Waals surface area contributed by atoms with Gasteiger partial charge in [-0.1, -0.05) is 30.7 Å². The first-order chi connectivity index (χ1) is 11.7. The van der Waals surface area contributed by atoms with E-state index in [2.05, 4.69) is 5.32 Å². The van der Waals surface area contributed by atoms with Crippen molar-refractivity contribution < 1.29 is 9.59 Å². The molecule has 0 heterocycles. The zero-order valence-electron chi connectivity index (χ0n) is 13.9. The van der Waals surface area contributed by atoms with Crippen molar-refractivity contribution in [1.82, 2.24) is 0 Å². The van der Waals surface area contributed by atoms with Crippen LogP contribution in [0.2, 0.25) is 0 Å². The highest BCUT2D eigenvalue weighted by Crippen LogP contribution is 2.28. The predicted molar refractivity (Wildman–Crippen MR) is 96.2 cm³/mol. The SMILES string of the molecule is CCN(C(=O)c1cccc(NC(=O)C2CCC2)c1)c1ccccc1. The lowest BCUT2D eigenvalue weighted by atomic mass is 9.85. The Balaban J connectivity index is 1.77. The molecule has 0 atom stereocenters. The molecule has 0 bridgehead atoms. The van der Waals surface area contributed by atoms with Crippen molar-refractivity contribution in [3.05, 3.63) is 60.2 Å². The molecule has 2 aromatic carbocycles. The highest BCUT2D eigenvalue weighted by atomic mass is 16.2. The van der Waals surface area contributed by atoms with E-state index in [0.717, 1.165) is 24.9 Å². The number of anilines is 2. The molecule has 124 valence electrons. The molecule has 2 amide bonds. The van der Waals surface area contributed by atoms with E-state index < -0.39 is 0 Å². The normalized spacial score (nSPS) is 13.9. The smallest absolute Gasteiger partial charge is 0.258 e. The van der Waals surface area contributed by atoms with Crippen molar-refractivity contribution in [2.45, 2.75) is 26.2 Å². The summed E-state index contributed by atoms with van der Waals surface area (Å²) in [5.74, 6) is 0.116. The van der Waals surface area contributed by atoms with Gasteiger partial charge in [0, 0.05) is 29.4 Å². The Morgan fingerprint density at radius 3 is 2.46 bits per heavy atom. The fourth-order valence-electron chi connectivity index (χ4n) is 2.85. The van der Waals surface area contributed by atoms with Crippen LogP contribution in [-0.4, -0.2) is 18.4 Å². The van der Waals surface area contributed by atoms with Gasteiger partial charge in [0.15, 0.2) is 0 Å². The molecular formula is C20H22N2O2. The molecule has 1 aliphatic carbocycles. The molecule has 24 heavy (non-hydrogen) atoms. The lowest BCUT2D eigenvalue weighted by Gasteiger charge is -2.24. The van der Waals surface area contributed by atoms with Crippen LogP contribution in [0, 0.1) is 5.92 Å². The van der Waals surface area contributed by atoms with Crippen LogP contribution < -0.4 is 10.2 Å². The third-order valence-corrected chi connectivity index (χ3v) is 4.48. The topological polar surface area (TPSA) is 49.4 Å². The first-order valence-corrected chi connectivity index (χ1v) is 8.47. The van der Waals surface area contributed by atoms with Crippen molar-refractivity contribution in [3.8, 4) is 0 Å². The van der Waals surface area contributed by atoms with Gasteiger partial charge in [-0.15, -0.1) is 0 Å². The Morgan fingerprint density at radius 2 is 1.83 bits per heavy atom. The van der Waals surface area contributed by atoms with E-state index in [1.807, 2.05) is 49.4 Å². The van der Waals surface area contributed by atoms with Gasteiger partial charge in [-0.2, -0.15) is 0 Å². The van der Waals surface area contributed by atoms with Gasteiger partial charge in [-0.05, 0) is 50.1 Å². The van der Waals surface area contributed by atoms with Gasteiger partial charge < -0.3 is 10.2 Å². The number of hydrogen-bond acceptors (Lipinski definition) is 2. The van der Waals surface area contributed by atoms with E-state index in [0.29, 0.717) is 17.8 Å². The number of para-hydroxylation sites is 1. The Hall–Kier alpha value is -2.62. The molecule has 3 rings (SSSR count). The third kappa shape index (κ3) is 3.48. The Bertz CT molecular complexity index is 723. The van der Waals surface area contributed by atoms with Crippen LogP contribution in [0.25, 0.3) is 0 Å². The second-order valence-electron chi connectivity index (χ2n) is 6.08. The lowest BCUT2D eigenvalue weighted by molar-refractivity contribution is -0.122. The van der Waals surface area contributed by atoms with Crippen LogP contribution >= 0.6 is 0 Å². The van der Waals surface area contributed by atoms with E-state index in [4.69, 9.17) is 0 Å². The van der Waals surface area contributed by atoms with Gasteiger partial charge in [-0.3, -0.25) is 9.59 Å². The predicted octanol–water partition coefficient (Wildman–Crippen LogP) is 4.09. The first kappa shape index (κ1) is 16.2. The fraction of sp³-hybridized carbons (Fsp3) is 0.300. The number of benzene rings is 2. The maximum absolute atomic E-state index is 12.8. The minimum absolute atomic E-state index is 0.0567. The lowest BCUT2D eigenvalue weighted by Crippen LogP contribution is -2.31. The van der Waals surface area contributed by atoms with Crippen LogP contribution in [0.4, 0.5) is 11.4 Å². The van der Waals surface area contributed by atoms with Crippen molar-refractivity contribution in [2.24, 2.45) is 5.92 Å². The maximum atomic E-state index is 12.8. The van der Waals surface area contributed by atoms with Crippen LogP contribution in [0.15, 0.2) is 54.6 Å². The molecule has 0 spiro atoms. The monoisotopic (exact) mass is 322 g/mol. The molecule has 1 N–H and O–H groups in total. The molecule has 0 unspecified atom stereocenters. The zero-order chi connectivity index (χ0) is 16.9. The molecule has 0 saturated heterocycles. The zero-order valence-corrected chi connectivity index (χ0v) is 13.9. The molecule has 2 aromatic rings. The summed E-state index contributed by atoms with van der Waals surface area (Å²) in [6, 6.07) is 16.8. The van der Waals surface area contributed by atoms with E-state index in [9.17, 15) is 9.59 Å². The largest absolute Gasteiger partial charge is 0.326 e. The minimum atomic E-state index is -0.0663. The van der Waals surface area contributed by atoms with Crippen molar-refractivity contribution >= 4 is 23.2 Å². The quantitative estimate of drug-likeness (QED) is 0.901. The number of hydrogen-bond donors (Lipinski definition) is 1. The Kier molecular flexibility index (Phi) is 4.94. The number of carbonyl (C=O) groups is 2. The van der Waals surface area contributed by atoms with Crippen LogP contribution in [0.3, 0.4) is 0 Å². The first-order valence-electron chi connectivity index (χ1n) is 8.47. The third-order valence-electron chi connectivity index (χ3n) is 4.48. The summed E-state index contributed by atoms with van der Waals surface area (Å²) in [7, 11) is 0. The van der Waals surface area contributed by atoms with E-state index in [1.54, 1.807) is 17.0 Å². The van der Waals surface area contributed by atoms with Gasteiger partial charge >= 0.3 is 0 Å². The highest BCUT2D eigenvalue weighted by Gasteiger charge is 2.25. The summed E-state index contributed by atoms with van der Waals surface area (Å²) in [6.45, 7) is 2.54. The summed E-state index contributed by atoms with van der Waals surface area (Å²) in [5.41, 5.74) is 2.13.